The molecule has 0 unspecified atom stereocenters. The minimum atomic E-state index is -5.04. The molecule has 0 aliphatic carbocycles. The Labute approximate surface area is 102 Å². The molecule has 0 amide bonds. The van der Waals surface area contributed by atoms with E-state index in [2.05, 4.69) is 0 Å². The summed E-state index contributed by atoms with van der Waals surface area (Å²) in [5, 5.41) is 21.1. The minimum Gasteiger partial charge on any atom is -0.258 e. The standard InChI is InChI=1S/C9H6F4N2O4/c1-8(10,11)9(12,13)7-5(14(16)17)3-2-4-6(7)15(18)19/h2-4H,1H3. The lowest BCUT2D eigenvalue weighted by atomic mass is 9.99. The summed E-state index contributed by atoms with van der Waals surface area (Å²) >= 11 is 0. The van der Waals surface area contributed by atoms with E-state index in [1.807, 2.05) is 0 Å². The first-order chi connectivity index (χ1) is 8.50. The summed E-state index contributed by atoms with van der Waals surface area (Å²) < 4.78 is 52.8. The maximum absolute atomic E-state index is 13.5. The molecule has 0 atom stereocenters. The number of nitro groups is 2. The van der Waals surface area contributed by atoms with Crippen molar-refractivity contribution in [2.75, 3.05) is 0 Å². The Kier molecular flexibility index (Phi) is 3.46. The first kappa shape index (κ1) is 14.8. The quantitative estimate of drug-likeness (QED) is 0.482. The molecule has 1 aromatic rings. The van der Waals surface area contributed by atoms with Crippen molar-refractivity contribution in [3.8, 4) is 0 Å². The summed E-state index contributed by atoms with van der Waals surface area (Å²) in [5.74, 6) is -9.73. The number of nitrogens with zero attached hydrogens (tertiary/aromatic N) is 2. The van der Waals surface area contributed by atoms with Crippen molar-refractivity contribution < 1.29 is 27.4 Å². The van der Waals surface area contributed by atoms with Crippen LogP contribution in [0.4, 0.5) is 28.9 Å². The molecule has 0 radical (unpaired) electrons. The van der Waals surface area contributed by atoms with Crippen LogP contribution in [0.5, 0.6) is 0 Å². The fourth-order valence-electron chi connectivity index (χ4n) is 1.37. The molecule has 0 saturated heterocycles. The lowest BCUT2D eigenvalue weighted by Crippen LogP contribution is -2.36. The van der Waals surface area contributed by atoms with E-state index in [1.54, 1.807) is 0 Å². The highest BCUT2D eigenvalue weighted by Crippen LogP contribution is 2.49. The summed E-state index contributed by atoms with van der Waals surface area (Å²) in [6.07, 6.45) is 0. The Morgan fingerprint density at radius 1 is 1.00 bits per heavy atom. The average molecular weight is 282 g/mol. The smallest absolute Gasteiger partial charge is 0.258 e. The molecule has 1 rings (SSSR count). The van der Waals surface area contributed by atoms with Crippen LogP contribution < -0.4 is 0 Å². The van der Waals surface area contributed by atoms with Crippen molar-refractivity contribution >= 4 is 11.4 Å². The third-order valence-corrected chi connectivity index (χ3v) is 2.28. The largest absolute Gasteiger partial charge is 0.348 e. The summed E-state index contributed by atoms with van der Waals surface area (Å²) in [4.78, 5) is 18.4. The molecule has 0 aliphatic heterocycles. The molecule has 0 aromatic heterocycles. The van der Waals surface area contributed by atoms with Crippen LogP contribution in [-0.2, 0) is 5.92 Å². The Hall–Kier alpha value is -2.26. The number of benzene rings is 1. The molecule has 1 aromatic carbocycles. The maximum atomic E-state index is 13.5. The van der Waals surface area contributed by atoms with E-state index >= 15 is 0 Å². The van der Waals surface area contributed by atoms with Gasteiger partial charge in [-0.15, -0.1) is 0 Å². The molecule has 104 valence electrons. The minimum absolute atomic E-state index is 0.173. The van der Waals surface area contributed by atoms with Crippen molar-refractivity contribution in [1.29, 1.82) is 0 Å². The fourth-order valence-corrected chi connectivity index (χ4v) is 1.37. The average Bonchev–Trinajstić information content (AvgIpc) is 2.26. The Bertz CT molecular complexity index is 509. The topological polar surface area (TPSA) is 86.3 Å². The summed E-state index contributed by atoms with van der Waals surface area (Å²) in [6, 6.07) is 1.77. The van der Waals surface area contributed by atoms with Crippen molar-refractivity contribution in [3.05, 3.63) is 44.0 Å². The highest BCUT2D eigenvalue weighted by Gasteiger charge is 2.59. The van der Waals surface area contributed by atoms with Crippen molar-refractivity contribution in [3.63, 3.8) is 0 Å². The van der Waals surface area contributed by atoms with E-state index in [0.29, 0.717) is 12.1 Å². The third kappa shape index (κ3) is 2.46. The van der Waals surface area contributed by atoms with Gasteiger partial charge in [0.1, 0.15) is 0 Å². The predicted octanol–water partition coefficient (Wildman–Crippen LogP) is 3.25. The molecule has 0 saturated carbocycles. The fraction of sp³-hybridized carbons (Fsp3) is 0.333. The molecular formula is C9H6F4N2O4. The van der Waals surface area contributed by atoms with E-state index < -0.39 is 38.6 Å². The van der Waals surface area contributed by atoms with Gasteiger partial charge in [-0.2, -0.15) is 17.6 Å². The van der Waals surface area contributed by atoms with Gasteiger partial charge in [0.25, 0.3) is 11.4 Å². The number of nitro benzene ring substituents is 2. The maximum Gasteiger partial charge on any atom is 0.348 e. The molecule has 0 N–H and O–H groups in total. The predicted molar refractivity (Wildman–Crippen MR) is 54.3 cm³/mol. The van der Waals surface area contributed by atoms with E-state index in [4.69, 9.17) is 0 Å². The lowest BCUT2D eigenvalue weighted by Gasteiger charge is -2.22. The van der Waals surface area contributed by atoms with Gasteiger partial charge in [0.15, 0.2) is 5.56 Å². The monoisotopic (exact) mass is 282 g/mol. The van der Waals surface area contributed by atoms with Gasteiger partial charge in [-0.25, -0.2) is 0 Å². The number of hydrogen-bond acceptors (Lipinski definition) is 4. The Morgan fingerprint density at radius 2 is 1.37 bits per heavy atom. The second-order valence-corrected chi connectivity index (χ2v) is 3.65. The van der Waals surface area contributed by atoms with E-state index in [-0.39, 0.29) is 6.92 Å². The van der Waals surface area contributed by atoms with Gasteiger partial charge in [-0.3, -0.25) is 20.2 Å². The summed E-state index contributed by atoms with van der Waals surface area (Å²) in [7, 11) is 0. The third-order valence-electron chi connectivity index (χ3n) is 2.28. The summed E-state index contributed by atoms with van der Waals surface area (Å²) in [6.45, 7) is -0.173. The normalized spacial score (nSPS) is 12.3. The SMILES string of the molecule is CC(F)(F)C(F)(F)c1c([N+](=O)[O-])cccc1[N+](=O)[O-]. The lowest BCUT2D eigenvalue weighted by molar-refractivity contribution is -0.400. The first-order valence-electron chi connectivity index (χ1n) is 4.68. The van der Waals surface area contributed by atoms with Crippen LogP contribution in [0, 0.1) is 20.2 Å². The van der Waals surface area contributed by atoms with Crippen LogP contribution in [0.2, 0.25) is 0 Å². The Balaban J connectivity index is 3.73. The van der Waals surface area contributed by atoms with Gasteiger partial charge in [0.2, 0.25) is 0 Å². The van der Waals surface area contributed by atoms with E-state index in [1.165, 1.54) is 0 Å². The van der Waals surface area contributed by atoms with Crippen molar-refractivity contribution in [1.82, 2.24) is 0 Å². The van der Waals surface area contributed by atoms with Crippen LogP contribution in [0.15, 0.2) is 18.2 Å². The molecular weight excluding hydrogens is 276 g/mol. The molecule has 10 heteroatoms. The molecule has 0 heterocycles. The van der Waals surface area contributed by atoms with Gasteiger partial charge in [0, 0.05) is 19.1 Å². The van der Waals surface area contributed by atoms with Crippen LogP contribution in [0.1, 0.15) is 12.5 Å². The van der Waals surface area contributed by atoms with Gasteiger partial charge >= 0.3 is 11.8 Å². The van der Waals surface area contributed by atoms with Crippen LogP contribution in [-0.4, -0.2) is 15.8 Å². The highest BCUT2D eigenvalue weighted by molar-refractivity contribution is 5.56. The van der Waals surface area contributed by atoms with E-state index in [0.717, 1.165) is 6.07 Å². The first-order valence-corrected chi connectivity index (χ1v) is 4.68. The van der Waals surface area contributed by atoms with E-state index in [9.17, 15) is 37.8 Å². The van der Waals surface area contributed by atoms with Gasteiger partial charge in [-0.05, 0) is 6.07 Å². The Morgan fingerprint density at radius 3 is 1.63 bits per heavy atom. The zero-order valence-electron chi connectivity index (χ0n) is 9.27. The zero-order valence-corrected chi connectivity index (χ0v) is 9.27. The van der Waals surface area contributed by atoms with Crippen LogP contribution in [0.25, 0.3) is 0 Å². The number of alkyl halides is 4. The second kappa shape index (κ2) is 4.44. The van der Waals surface area contributed by atoms with Crippen molar-refractivity contribution in [2.24, 2.45) is 0 Å². The van der Waals surface area contributed by atoms with Gasteiger partial charge < -0.3 is 0 Å². The molecule has 19 heavy (non-hydrogen) atoms. The second-order valence-electron chi connectivity index (χ2n) is 3.65. The highest BCUT2D eigenvalue weighted by atomic mass is 19.3. The molecule has 6 nitrogen and oxygen atoms in total. The van der Waals surface area contributed by atoms with Crippen LogP contribution >= 0.6 is 0 Å². The van der Waals surface area contributed by atoms with Crippen molar-refractivity contribution in [2.45, 2.75) is 18.8 Å². The number of rotatable bonds is 4. The number of halogens is 4. The number of hydrogen-bond donors (Lipinski definition) is 0. The zero-order chi connectivity index (χ0) is 15.0. The van der Waals surface area contributed by atoms with Gasteiger partial charge in [0.05, 0.1) is 9.85 Å². The summed E-state index contributed by atoms with van der Waals surface area (Å²) in [5.41, 5.74) is -4.76. The molecule has 0 spiro atoms. The molecule has 0 aliphatic rings. The van der Waals surface area contributed by atoms with Crippen LogP contribution in [0.3, 0.4) is 0 Å². The molecule has 0 bridgehead atoms. The van der Waals surface area contributed by atoms with Gasteiger partial charge in [-0.1, -0.05) is 0 Å². The molecule has 0 fully saturated rings.